The Kier molecular flexibility index (Phi) is 7.61. The highest BCUT2D eigenvalue weighted by Crippen LogP contribution is 2.18. The number of ketones is 1. The van der Waals surface area contributed by atoms with Crippen molar-refractivity contribution in [3.63, 3.8) is 0 Å². The molecular weight excluding hydrogens is 316 g/mol. The van der Waals surface area contributed by atoms with E-state index in [-0.39, 0.29) is 11.9 Å². The minimum atomic E-state index is -1.70. The molecule has 126 valence electrons. The molecule has 6 heteroatoms. The monoisotopic (exact) mass is 338 g/mol. The highest BCUT2D eigenvalue weighted by Gasteiger charge is 2.29. The maximum absolute atomic E-state index is 11.7. The predicted molar refractivity (Wildman–Crippen MR) is 87.7 cm³/mol. The van der Waals surface area contributed by atoms with Crippen LogP contribution in [0.15, 0.2) is 42.5 Å². The molecule has 0 bridgehead atoms. The first kappa shape index (κ1) is 18.0. The van der Waals surface area contributed by atoms with Gasteiger partial charge in [-0.15, -0.1) is 0 Å². The Hall–Kier alpha value is -1.34. The van der Waals surface area contributed by atoms with Gasteiger partial charge in [0.25, 0.3) is 0 Å². The lowest BCUT2D eigenvalue weighted by Crippen LogP contribution is -2.16. The van der Waals surface area contributed by atoms with Crippen LogP contribution < -0.4 is 0 Å². The van der Waals surface area contributed by atoms with E-state index in [0.717, 1.165) is 18.4 Å². The number of carbonyl (C=O) groups excluding carboxylic acids is 1. The molecule has 0 spiro atoms. The Bertz CT molecular complexity index is 543. The minimum Gasteiger partial charge on any atom is -0.377 e. The van der Waals surface area contributed by atoms with Crippen LogP contribution in [0.3, 0.4) is 0 Å². The molecule has 0 aromatic heterocycles. The lowest BCUT2D eigenvalue weighted by Gasteiger charge is -2.04. The highest BCUT2D eigenvalue weighted by molar-refractivity contribution is 7.75. The van der Waals surface area contributed by atoms with Crippen molar-refractivity contribution in [3.05, 3.63) is 48.0 Å². The largest absolute Gasteiger partial charge is 0.377 e. The van der Waals surface area contributed by atoms with Crippen LogP contribution >= 0.6 is 0 Å². The molecule has 0 aliphatic carbocycles. The van der Waals surface area contributed by atoms with Gasteiger partial charge < -0.3 is 4.74 Å². The van der Waals surface area contributed by atoms with Gasteiger partial charge in [0, 0.05) is 13.0 Å². The number of unbranched alkanes of at least 4 members (excludes halogenated alkanes) is 1. The molecule has 2 rings (SSSR count). The van der Waals surface area contributed by atoms with Crippen LogP contribution in [-0.4, -0.2) is 28.8 Å². The highest BCUT2D eigenvalue weighted by atomic mass is 32.2. The van der Waals surface area contributed by atoms with Gasteiger partial charge in [-0.3, -0.25) is 13.2 Å². The number of rotatable bonds is 9. The van der Waals surface area contributed by atoms with E-state index in [1.807, 2.05) is 30.3 Å². The second-order valence-electron chi connectivity index (χ2n) is 5.39. The molecule has 0 radical (unpaired) electrons. The van der Waals surface area contributed by atoms with Crippen molar-refractivity contribution in [1.29, 1.82) is 0 Å². The first-order chi connectivity index (χ1) is 11.1. The van der Waals surface area contributed by atoms with Crippen LogP contribution in [0, 0.1) is 0 Å². The third kappa shape index (κ3) is 6.74. The Balaban J connectivity index is 1.54. The molecule has 1 aliphatic heterocycles. The summed E-state index contributed by atoms with van der Waals surface area (Å²) >= 11 is -1.70. The van der Waals surface area contributed by atoms with Crippen molar-refractivity contribution in [2.24, 2.45) is 0 Å². The summed E-state index contributed by atoms with van der Waals surface area (Å²) < 4.78 is 26.5. The van der Waals surface area contributed by atoms with Gasteiger partial charge in [0.2, 0.25) is 0 Å². The number of hydrogen-bond acceptors (Lipinski definition) is 5. The quantitative estimate of drug-likeness (QED) is 0.512. The zero-order valence-electron chi connectivity index (χ0n) is 13.2. The Morgan fingerprint density at radius 1 is 1.26 bits per heavy atom. The summed E-state index contributed by atoms with van der Waals surface area (Å²) in [5, 5.41) is 0. The van der Waals surface area contributed by atoms with Crippen LogP contribution in [0.4, 0.5) is 0 Å². The summed E-state index contributed by atoms with van der Waals surface area (Å²) in [5.74, 6) is 0.0292. The van der Waals surface area contributed by atoms with Gasteiger partial charge in [-0.25, -0.2) is 0 Å². The van der Waals surface area contributed by atoms with Gasteiger partial charge in [0.15, 0.2) is 5.78 Å². The van der Waals surface area contributed by atoms with E-state index < -0.39 is 17.5 Å². The normalized spacial score (nSPS) is 24.3. The van der Waals surface area contributed by atoms with E-state index in [1.165, 1.54) is 6.08 Å². The van der Waals surface area contributed by atoms with Gasteiger partial charge in [0.05, 0.1) is 6.61 Å². The number of allylic oxidation sites excluding steroid dienone is 1. The zero-order chi connectivity index (χ0) is 16.5. The fourth-order valence-electron chi connectivity index (χ4n) is 2.11. The second kappa shape index (κ2) is 9.72. The first-order valence-corrected chi connectivity index (χ1v) is 8.74. The van der Waals surface area contributed by atoms with Crippen molar-refractivity contribution in [2.75, 3.05) is 6.61 Å². The van der Waals surface area contributed by atoms with Crippen LogP contribution in [0.25, 0.3) is 0 Å². The summed E-state index contributed by atoms with van der Waals surface area (Å²) in [4.78, 5) is 11.7. The van der Waals surface area contributed by atoms with Crippen LogP contribution in [0.2, 0.25) is 0 Å². The average Bonchev–Trinajstić information content (AvgIpc) is 2.87. The lowest BCUT2D eigenvalue weighted by molar-refractivity contribution is -0.114. The zero-order valence-corrected chi connectivity index (χ0v) is 14.0. The molecule has 1 aliphatic rings. The van der Waals surface area contributed by atoms with E-state index in [9.17, 15) is 9.00 Å². The molecule has 0 saturated carbocycles. The Morgan fingerprint density at radius 3 is 2.74 bits per heavy atom. The number of benzene rings is 1. The van der Waals surface area contributed by atoms with Gasteiger partial charge in [-0.05, 0) is 37.5 Å². The number of carbonyl (C=O) groups is 1. The fraction of sp³-hybridized carbons (Fsp3) is 0.471. The van der Waals surface area contributed by atoms with Crippen molar-refractivity contribution in [1.82, 2.24) is 0 Å². The molecule has 1 fully saturated rings. The molecule has 1 saturated heterocycles. The van der Waals surface area contributed by atoms with E-state index >= 15 is 0 Å². The third-order valence-electron chi connectivity index (χ3n) is 3.43. The van der Waals surface area contributed by atoms with E-state index in [2.05, 4.69) is 0 Å². The van der Waals surface area contributed by atoms with Crippen molar-refractivity contribution < 1.29 is 22.1 Å². The predicted octanol–water partition coefficient (Wildman–Crippen LogP) is 2.88. The molecule has 0 amide bonds. The molecule has 1 unspecified atom stereocenters. The van der Waals surface area contributed by atoms with Crippen molar-refractivity contribution in [3.8, 4) is 0 Å². The standard InChI is InChI=1S/C17H22O5S/c1-14-17(22-23(19)21-14)11-10-16(18)9-5-6-12-20-13-15-7-3-2-4-8-15/h2-4,7-8,10-11,14,17H,5-6,9,12-13H2,1H3/b11-10+/t14-,17-,23?/m0/s1. The molecule has 1 aromatic rings. The minimum absolute atomic E-state index is 0.0292. The summed E-state index contributed by atoms with van der Waals surface area (Å²) in [6, 6.07) is 10.00. The second-order valence-corrected chi connectivity index (χ2v) is 6.18. The lowest BCUT2D eigenvalue weighted by atomic mass is 10.1. The summed E-state index contributed by atoms with van der Waals surface area (Å²) in [7, 11) is 0. The van der Waals surface area contributed by atoms with Crippen LogP contribution in [0.5, 0.6) is 0 Å². The van der Waals surface area contributed by atoms with Crippen molar-refractivity contribution in [2.45, 2.75) is 45.0 Å². The molecule has 3 atom stereocenters. The molecule has 1 heterocycles. The number of ether oxygens (including phenoxy) is 1. The van der Waals surface area contributed by atoms with Crippen molar-refractivity contribution >= 4 is 17.1 Å². The topological polar surface area (TPSA) is 61.8 Å². The van der Waals surface area contributed by atoms with Crippen LogP contribution in [0.1, 0.15) is 31.7 Å². The van der Waals surface area contributed by atoms with E-state index in [4.69, 9.17) is 13.1 Å². The van der Waals surface area contributed by atoms with E-state index in [0.29, 0.717) is 19.6 Å². The molecule has 23 heavy (non-hydrogen) atoms. The molecule has 1 aromatic carbocycles. The fourth-order valence-corrected chi connectivity index (χ4v) is 2.92. The number of hydrogen-bond donors (Lipinski definition) is 0. The van der Waals surface area contributed by atoms with Gasteiger partial charge >= 0.3 is 11.4 Å². The smallest absolute Gasteiger partial charge is 0.305 e. The van der Waals surface area contributed by atoms with Gasteiger partial charge in [-0.1, -0.05) is 30.3 Å². The summed E-state index contributed by atoms with van der Waals surface area (Å²) in [6.07, 6.45) is 4.47. The maximum Gasteiger partial charge on any atom is 0.305 e. The summed E-state index contributed by atoms with van der Waals surface area (Å²) in [6.45, 7) is 3.00. The third-order valence-corrected chi connectivity index (χ3v) is 4.27. The van der Waals surface area contributed by atoms with Gasteiger partial charge in [-0.2, -0.15) is 4.21 Å². The average molecular weight is 338 g/mol. The molecule has 5 nitrogen and oxygen atoms in total. The summed E-state index contributed by atoms with van der Waals surface area (Å²) in [5.41, 5.74) is 1.15. The first-order valence-electron chi connectivity index (χ1n) is 7.74. The van der Waals surface area contributed by atoms with Crippen LogP contribution in [-0.2, 0) is 35.9 Å². The Morgan fingerprint density at radius 2 is 2.04 bits per heavy atom. The molecule has 0 N–H and O–H groups in total. The molecular formula is C17H22O5S. The SMILES string of the molecule is C[C@@H]1OS(=O)O[C@H]1/C=C/C(=O)CCCCOCc1ccccc1. The Labute approximate surface area is 139 Å². The maximum atomic E-state index is 11.7. The van der Waals surface area contributed by atoms with Gasteiger partial charge in [0.1, 0.15) is 12.2 Å². The van der Waals surface area contributed by atoms with E-state index in [1.54, 1.807) is 13.0 Å².